The minimum Gasteiger partial charge on any atom is -0.350 e. The number of anilines is 1. The van der Waals surface area contributed by atoms with Crippen LogP contribution in [0.3, 0.4) is 0 Å². The molecule has 0 bridgehead atoms. The number of likely N-dealkylation sites (N-methyl/N-ethyl adjacent to an activating group) is 1. The quantitative estimate of drug-likeness (QED) is 0.516. The Balaban J connectivity index is 1.79. The van der Waals surface area contributed by atoms with Gasteiger partial charge in [-0.25, -0.2) is 17.2 Å². The molecule has 1 atom stereocenters. The van der Waals surface area contributed by atoms with Crippen LogP contribution in [-0.4, -0.2) is 39.9 Å². The molecule has 0 fully saturated rings. The van der Waals surface area contributed by atoms with Gasteiger partial charge in [0.2, 0.25) is 0 Å². The number of aryl methyl sites for hydroxylation is 1. The third-order valence-electron chi connectivity index (χ3n) is 5.17. The van der Waals surface area contributed by atoms with E-state index in [0.717, 1.165) is 12.1 Å². The highest BCUT2D eigenvalue weighted by atomic mass is 32.2. The van der Waals surface area contributed by atoms with Gasteiger partial charge >= 0.3 is 0 Å². The summed E-state index contributed by atoms with van der Waals surface area (Å²) in [6.45, 7) is 1.90. The molecule has 0 saturated heterocycles. The second-order valence-electron chi connectivity index (χ2n) is 7.83. The number of benzene rings is 3. The normalized spacial score (nSPS) is 12.4. The van der Waals surface area contributed by atoms with E-state index in [2.05, 4.69) is 10.0 Å². The molecule has 174 valence electrons. The van der Waals surface area contributed by atoms with Crippen LogP contribution in [0.25, 0.3) is 0 Å². The van der Waals surface area contributed by atoms with E-state index < -0.39 is 21.7 Å². The Morgan fingerprint density at radius 3 is 2.30 bits per heavy atom. The van der Waals surface area contributed by atoms with Crippen molar-refractivity contribution in [2.24, 2.45) is 0 Å². The molecule has 3 aromatic carbocycles. The van der Waals surface area contributed by atoms with Gasteiger partial charge in [0.05, 0.1) is 10.9 Å². The van der Waals surface area contributed by atoms with E-state index >= 15 is 0 Å². The zero-order chi connectivity index (χ0) is 24.2. The van der Waals surface area contributed by atoms with Gasteiger partial charge in [-0.3, -0.25) is 9.52 Å². The summed E-state index contributed by atoms with van der Waals surface area (Å²) in [7, 11) is -0.352. The topological polar surface area (TPSA) is 78.5 Å². The number of nitrogens with zero attached hydrogens (tertiary/aromatic N) is 1. The number of rotatable bonds is 8. The smallest absolute Gasteiger partial charge is 0.261 e. The maximum atomic E-state index is 13.7. The van der Waals surface area contributed by atoms with Gasteiger partial charge in [-0.15, -0.1) is 0 Å². The third-order valence-corrected chi connectivity index (χ3v) is 6.55. The number of hydrogen-bond acceptors (Lipinski definition) is 4. The lowest BCUT2D eigenvalue weighted by molar-refractivity contribution is 0.0941. The predicted octanol–water partition coefficient (Wildman–Crippen LogP) is 4.11. The highest BCUT2D eigenvalue weighted by Crippen LogP contribution is 2.21. The molecule has 6 nitrogen and oxygen atoms in total. The first kappa shape index (κ1) is 24.3. The van der Waals surface area contributed by atoms with Gasteiger partial charge in [-0.05, 0) is 80.7 Å². The van der Waals surface area contributed by atoms with E-state index in [-0.39, 0.29) is 34.6 Å². The molecule has 0 saturated carbocycles. The Labute approximate surface area is 192 Å². The maximum Gasteiger partial charge on any atom is 0.261 e. The van der Waals surface area contributed by atoms with E-state index in [4.69, 9.17) is 0 Å². The molecule has 3 aromatic rings. The fraction of sp³-hybridized carbons (Fsp3) is 0.208. The van der Waals surface area contributed by atoms with E-state index in [1.165, 1.54) is 36.4 Å². The fourth-order valence-corrected chi connectivity index (χ4v) is 4.43. The Kier molecular flexibility index (Phi) is 7.45. The second kappa shape index (κ2) is 10.1. The summed E-state index contributed by atoms with van der Waals surface area (Å²) < 4.78 is 54.6. The predicted molar refractivity (Wildman–Crippen MR) is 124 cm³/mol. The van der Waals surface area contributed by atoms with Crippen molar-refractivity contribution in [3.8, 4) is 0 Å². The zero-order valence-electron chi connectivity index (χ0n) is 18.5. The van der Waals surface area contributed by atoms with E-state index in [0.29, 0.717) is 11.1 Å². The molecule has 2 N–H and O–H groups in total. The molecule has 0 aromatic heterocycles. The first-order chi connectivity index (χ1) is 15.6. The fourth-order valence-electron chi connectivity index (χ4n) is 3.34. The van der Waals surface area contributed by atoms with Crippen molar-refractivity contribution in [2.45, 2.75) is 17.9 Å². The standard InChI is InChI=1S/C24H25F2N3O3S/c1-16-7-12-21(33(31,32)28-20-10-8-18(25)9-11-20)14-22(16)24(30)27-15-23(29(2)3)17-5-4-6-19(26)13-17/h4-14,23,28H,15H2,1-3H3,(H,27,30). The molecule has 0 radical (unpaired) electrons. The van der Waals surface area contributed by atoms with Gasteiger partial charge in [0.15, 0.2) is 0 Å². The van der Waals surface area contributed by atoms with Crippen LogP contribution in [0.4, 0.5) is 14.5 Å². The summed E-state index contributed by atoms with van der Waals surface area (Å²) in [5.41, 5.74) is 1.71. The van der Waals surface area contributed by atoms with Crippen LogP contribution in [0, 0.1) is 18.6 Å². The van der Waals surface area contributed by atoms with Crippen LogP contribution in [0.1, 0.15) is 27.5 Å². The van der Waals surface area contributed by atoms with Crippen molar-refractivity contribution >= 4 is 21.6 Å². The number of carbonyl (C=O) groups is 1. The van der Waals surface area contributed by atoms with Crippen LogP contribution >= 0.6 is 0 Å². The number of nitrogens with one attached hydrogen (secondary N) is 2. The minimum atomic E-state index is -3.99. The Morgan fingerprint density at radius 1 is 0.970 bits per heavy atom. The van der Waals surface area contributed by atoms with Crippen LogP contribution in [0.2, 0.25) is 0 Å². The molecule has 0 heterocycles. The van der Waals surface area contributed by atoms with Crippen molar-refractivity contribution < 1.29 is 22.0 Å². The van der Waals surface area contributed by atoms with Gasteiger partial charge in [0.1, 0.15) is 11.6 Å². The second-order valence-corrected chi connectivity index (χ2v) is 9.52. The molecule has 1 unspecified atom stereocenters. The lowest BCUT2D eigenvalue weighted by Crippen LogP contribution is -2.35. The van der Waals surface area contributed by atoms with E-state index in [9.17, 15) is 22.0 Å². The summed E-state index contributed by atoms with van der Waals surface area (Å²) in [5, 5.41) is 2.81. The molecular weight excluding hydrogens is 448 g/mol. The largest absolute Gasteiger partial charge is 0.350 e. The molecule has 1 amide bonds. The maximum absolute atomic E-state index is 13.7. The summed E-state index contributed by atoms with van der Waals surface area (Å²) >= 11 is 0. The SMILES string of the molecule is Cc1ccc(S(=O)(=O)Nc2ccc(F)cc2)cc1C(=O)NCC(c1cccc(F)c1)N(C)C. The Hall–Kier alpha value is -3.30. The van der Waals surface area contributed by atoms with Crippen molar-refractivity contribution in [1.82, 2.24) is 10.2 Å². The lowest BCUT2D eigenvalue weighted by Gasteiger charge is -2.25. The number of hydrogen-bond donors (Lipinski definition) is 2. The van der Waals surface area contributed by atoms with E-state index in [1.807, 2.05) is 19.0 Å². The number of sulfonamides is 1. The van der Waals surface area contributed by atoms with Gasteiger partial charge in [0.25, 0.3) is 15.9 Å². The van der Waals surface area contributed by atoms with Crippen LogP contribution in [0.15, 0.2) is 71.6 Å². The van der Waals surface area contributed by atoms with Gasteiger partial charge < -0.3 is 10.2 Å². The van der Waals surface area contributed by atoms with Crippen LogP contribution < -0.4 is 10.0 Å². The first-order valence-electron chi connectivity index (χ1n) is 10.2. The highest BCUT2D eigenvalue weighted by Gasteiger charge is 2.20. The summed E-state index contributed by atoms with van der Waals surface area (Å²) in [4.78, 5) is 14.7. The summed E-state index contributed by atoms with van der Waals surface area (Å²) in [5.74, 6) is -1.30. The average molecular weight is 474 g/mol. The molecule has 0 aliphatic rings. The van der Waals surface area contributed by atoms with Crippen LogP contribution in [-0.2, 0) is 10.0 Å². The van der Waals surface area contributed by atoms with Gasteiger partial charge in [0, 0.05) is 17.8 Å². The zero-order valence-corrected chi connectivity index (χ0v) is 19.3. The van der Waals surface area contributed by atoms with Crippen LogP contribution in [0.5, 0.6) is 0 Å². The molecule has 0 spiro atoms. The summed E-state index contributed by atoms with van der Waals surface area (Å²) in [6.07, 6.45) is 0. The number of carbonyl (C=O) groups excluding carboxylic acids is 1. The lowest BCUT2D eigenvalue weighted by atomic mass is 10.0. The molecule has 0 aliphatic carbocycles. The Morgan fingerprint density at radius 2 is 1.67 bits per heavy atom. The van der Waals surface area contributed by atoms with Gasteiger partial charge in [-0.1, -0.05) is 18.2 Å². The summed E-state index contributed by atoms with van der Waals surface area (Å²) in [6, 6.07) is 15.0. The molecular formula is C24H25F2N3O3S. The first-order valence-corrected chi connectivity index (χ1v) is 11.6. The van der Waals surface area contributed by atoms with Crippen molar-refractivity contribution in [3.63, 3.8) is 0 Å². The third kappa shape index (κ3) is 6.15. The number of halogens is 2. The minimum absolute atomic E-state index is 0.100. The monoisotopic (exact) mass is 473 g/mol. The van der Waals surface area contributed by atoms with Crippen molar-refractivity contribution in [3.05, 3.63) is 95.1 Å². The molecule has 3 rings (SSSR count). The van der Waals surface area contributed by atoms with Crippen molar-refractivity contribution in [2.75, 3.05) is 25.4 Å². The van der Waals surface area contributed by atoms with Crippen molar-refractivity contribution in [1.29, 1.82) is 0 Å². The molecule has 9 heteroatoms. The van der Waals surface area contributed by atoms with E-state index in [1.54, 1.807) is 25.1 Å². The molecule has 33 heavy (non-hydrogen) atoms. The average Bonchev–Trinajstić information content (AvgIpc) is 2.75. The Bertz CT molecular complexity index is 1250. The van der Waals surface area contributed by atoms with Gasteiger partial charge in [-0.2, -0.15) is 0 Å². The molecule has 0 aliphatic heterocycles. The highest BCUT2D eigenvalue weighted by molar-refractivity contribution is 7.92. The number of amides is 1.